The maximum Gasteiger partial charge on any atom is 0.273 e. The smallest absolute Gasteiger partial charge is 0.273 e. The van der Waals surface area contributed by atoms with E-state index in [1.165, 1.54) is 12.1 Å². The number of rotatable bonds is 6. The fraction of sp³-hybridized carbons (Fsp3) is 0.412. The first kappa shape index (κ1) is 15.7. The minimum atomic E-state index is -0.286. The highest BCUT2D eigenvalue weighted by Crippen LogP contribution is 2.40. The van der Waals surface area contributed by atoms with E-state index in [1.54, 1.807) is 12.1 Å². The Bertz CT molecular complexity index is 695. The van der Waals surface area contributed by atoms with E-state index < -0.39 is 0 Å². The van der Waals surface area contributed by atoms with E-state index in [0.717, 1.165) is 24.2 Å². The maximum atomic E-state index is 13.4. The number of nitrogens with one attached hydrogen (secondary N) is 1. The Morgan fingerprint density at radius 3 is 2.87 bits per heavy atom. The SMILES string of the molecule is CN(C)[C@@H](CNC(=O)c1cc(C2CC2)on1)c1cccc(F)c1. The minimum absolute atomic E-state index is 0.121. The van der Waals surface area contributed by atoms with Crippen molar-refractivity contribution in [3.8, 4) is 0 Å². The average molecular weight is 317 g/mol. The van der Waals surface area contributed by atoms with E-state index in [4.69, 9.17) is 4.52 Å². The van der Waals surface area contributed by atoms with Gasteiger partial charge in [0, 0.05) is 18.5 Å². The van der Waals surface area contributed by atoms with E-state index in [0.29, 0.717) is 18.2 Å². The van der Waals surface area contributed by atoms with Crippen LogP contribution in [0.15, 0.2) is 34.9 Å². The molecular weight excluding hydrogens is 297 g/mol. The van der Waals surface area contributed by atoms with E-state index in [9.17, 15) is 9.18 Å². The molecule has 5 nitrogen and oxygen atoms in total. The lowest BCUT2D eigenvalue weighted by atomic mass is 10.1. The lowest BCUT2D eigenvalue weighted by Crippen LogP contribution is -2.34. The van der Waals surface area contributed by atoms with Crippen LogP contribution in [0.3, 0.4) is 0 Å². The monoisotopic (exact) mass is 317 g/mol. The van der Waals surface area contributed by atoms with Crippen LogP contribution >= 0.6 is 0 Å². The molecule has 0 saturated heterocycles. The molecule has 1 aromatic heterocycles. The van der Waals surface area contributed by atoms with Crippen molar-refractivity contribution in [2.75, 3.05) is 20.6 Å². The number of hydrogen-bond acceptors (Lipinski definition) is 4. The van der Waals surface area contributed by atoms with Crippen LogP contribution in [-0.4, -0.2) is 36.6 Å². The molecule has 3 rings (SSSR count). The number of carbonyl (C=O) groups excluding carboxylic acids is 1. The van der Waals surface area contributed by atoms with Gasteiger partial charge in [-0.15, -0.1) is 0 Å². The zero-order valence-corrected chi connectivity index (χ0v) is 13.3. The molecule has 0 bridgehead atoms. The molecule has 1 N–H and O–H groups in total. The summed E-state index contributed by atoms with van der Waals surface area (Å²) in [7, 11) is 3.78. The minimum Gasteiger partial charge on any atom is -0.360 e. The molecular formula is C17H20FN3O2. The number of aromatic nitrogens is 1. The van der Waals surface area contributed by atoms with E-state index >= 15 is 0 Å². The summed E-state index contributed by atoms with van der Waals surface area (Å²) in [6, 6.07) is 8.00. The molecule has 1 aromatic carbocycles. The summed E-state index contributed by atoms with van der Waals surface area (Å²) >= 11 is 0. The molecule has 1 fully saturated rings. The van der Waals surface area contributed by atoms with Crippen LogP contribution in [0.1, 0.15) is 46.6 Å². The maximum absolute atomic E-state index is 13.4. The Kier molecular flexibility index (Phi) is 4.43. The van der Waals surface area contributed by atoms with Gasteiger partial charge in [-0.1, -0.05) is 17.3 Å². The second kappa shape index (κ2) is 6.50. The lowest BCUT2D eigenvalue weighted by Gasteiger charge is -2.25. The van der Waals surface area contributed by atoms with Gasteiger partial charge in [0.05, 0.1) is 6.04 Å². The molecule has 6 heteroatoms. The highest BCUT2D eigenvalue weighted by atomic mass is 19.1. The van der Waals surface area contributed by atoms with Crippen LogP contribution in [0.25, 0.3) is 0 Å². The quantitative estimate of drug-likeness (QED) is 0.890. The molecule has 1 heterocycles. The zero-order chi connectivity index (χ0) is 16.4. The summed E-state index contributed by atoms with van der Waals surface area (Å²) in [4.78, 5) is 14.1. The van der Waals surface area contributed by atoms with Crippen molar-refractivity contribution in [1.82, 2.24) is 15.4 Å². The lowest BCUT2D eigenvalue weighted by molar-refractivity contribution is 0.0932. The fourth-order valence-electron chi connectivity index (χ4n) is 2.55. The highest BCUT2D eigenvalue weighted by Gasteiger charge is 2.29. The molecule has 0 spiro atoms. The van der Waals surface area contributed by atoms with Crippen LogP contribution in [0, 0.1) is 5.82 Å². The summed E-state index contributed by atoms with van der Waals surface area (Å²) in [5, 5.41) is 6.67. The molecule has 1 amide bonds. The van der Waals surface area contributed by atoms with Gasteiger partial charge >= 0.3 is 0 Å². The van der Waals surface area contributed by atoms with Gasteiger partial charge < -0.3 is 14.7 Å². The summed E-state index contributed by atoms with van der Waals surface area (Å²) in [5.74, 6) is 0.644. The van der Waals surface area contributed by atoms with Gasteiger partial charge in [-0.25, -0.2) is 4.39 Å². The number of benzene rings is 1. The molecule has 1 aliphatic rings. The Morgan fingerprint density at radius 1 is 1.43 bits per heavy atom. The average Bonchev–Trinajstić information content (AvgIpc) is 3.24. The normalized spacial score (nSPS) is 15.7. The summed E-state index contributed by atoms with van der Waals surface area (Å²) in [5.41, 5.74) is 1.11. The second-order valence-corrected chi connectivity index (χ2v) is 6.13. The molecule has 1 atom stereocenters. The molecule has 122 valence electrons. The largest absolute Gasteiger partial charge is 0.360 e. The molecule has 0 unspecified atom stereocenters. The number of nitrogens with zero attached hydrogens (tertiary/aromatic N) is 2. The van der Waals surface area contributed by atoms with Crippen molar-refractivity contribution in [2.24, 2.45) is 0 Å². The fourth-order valence-corrected chi connectivity index (χ4v) is 2.55. The first-order chi connectivity index (χ1) is 11.0. The number of likely N-dealkylation sites (N-methyl/N-ethyl adjacent to an activating group) is 1. The Labute approximate surface area is 134 Å². The zero-order valence-electron chi connectivity index (χ0n) is 13.3. The van der Waals surface area contributed by atoms with E-state index in [1.807, 2.05) is 25.1 Å². The van der Waals surface area contributed by atoms with Gasteiger partial charge in [-0.3, -0.25) is 4.79 Å². The Balaban J connectivity index is 1.64. The molecule has 1 saturated carbocycles. The Hall–Kier alpha value is -2.21. The first-order valence-electron chi connectivity index (χ1n) is 7.71. The van der Waals surface area contributed by atoms with Crippen molar-refractivity contribution < 1.29 is 13.7 Å². The molecule has 0 aliphatic heterocycles. The summed E-state index contributed by atoms with van der Waals surface area (Å²) in [6.07, 6.45) is 2.19. The van der Waals surface area contributed by atoms with Crippen LogP contribution in [0.2, 0.25) is 0 Å². The van der Waals surface area contributed by atoms with Crippen LogP contribution in [-0.2, 0) is 0 Å². The predicted octanol–water partition coefficient (Wildman–Crippen LogP) is 2.72. The van der Waals surface area contributed by atoms with Gasteiger partial charge in [0.2, 0.25) is 0 Å². The van der Waals surface area contributed by atoms with Crippen LogP contribution in [0.5, 0.6) is 0 Å². The highest BCUT2D eigenvalue weighted by molar-refractivity contribution is 5.92. The van der Waals surface area contributed by atoms with Gasteiger partial charge in [0.1, 0.15) is 11.6 Å². The standard InChI is InChI=1S/C17H20FN3O2/c1-21(2)15(12-4-3-5-13(18)8-12)10-19-17(22)14-9-16(23-20-14)11-6-7-11/h3-5,8-9,11,15H,6-7,10H2,1-2H3,(H,19,22)/t15-/m0/s1. The number of halogens is 1. The molecule has 1 aliphatic carbocycles. The van der Waals surface area contributed by atoms with Crippen molar-refractivity contribution in [3.05, 3.63) is 53.2 Å². The van der Waals surface area contributed by atoms with Gasteiger partial charge in [-0.05, 0) is 44.6 Å². The van der Waals surface area contributed by atoms with Crippen molar-refractivity contribution >= 4 is 5.91 Å². The van der Waals surface area contributed by atoms with Crippen molar-refractivity contribution in [2.45, 2.75) is 24.8 Å². The van der Waals surface area contributed by atoms with Crippen molar-refractivity contribution in [1.29, 1.82) is 0 Å². The second-order valence-electron chi connectivity index (χ2n) is 6.13. The van der Waals surface area contributed by atoms with Crippen molar-refractivity contribution in [3.63, 3.8) is 0 Å². The number of amides is 1. The molecule has 2 aromatic rings. The third-order valence-electron chi connectivity index (χ3n) is 4.05. The molecule has 23 heavy (non-hydrogen) atoms. The van der Waals surface area contributed by atoms with E-state index in [-0.39, 0.29) is 17.8 Å². The summed E-state index contributed by atoms with van der Waals surface area (Å²) in [6.45, 7) is 0.362. The predicted molar refractivity (Wildman–Crippen MR) is 83.6 cm³/mol. The Morgan fingerprint density at radius 2 is 2.22 bits per heavy atom. The van der Waals surface area contributed by atoms with Gasteiger partial charge in [-0.2, -0.15) is 0 Å². The molecule has 0 radical (unpaired) electrons. The van der Waals surface area contributed by atoms with Crippen LogP contribution < -0.4 is 5.32 Å². The topological polar surface area (TPSA) is 58.4 Å². The van der Waals surface area contributed by atoms with Gasteiger partial charge in [0.15, 0.2) is 5.69 Å². The number of hydrogen-bond donors (Lipinski definition) is 1. The van der Waals surface area contributed by atoms with E-state index in [2.05, 4.69) is 10.5 Å². The number of carbonyl (C=O) groups is 1. The third-order valence-corrected chi connectivity index (χ3v) is 4.05. The first-order valence-corrected chi connectivity index (χ1v) is 7.71. The van der Waals surface area contributed by atoms with Gasteiger partial charge in [0.25, 0.3) is 5.91 Å². The van der Waals surface area contributed by atoms with Crippen LogP contribution in [0.4, 0.5) is 4.39 Å². The summed E-state index contributed by atoms with van der Waals surface area (Å²) < 4.78 is 18.6. The third kappa shape index (κ3) is 3.76.